The summed E-state index contributed by atoms with van der Waals surface area (Å²) >= 11 is 5.95. The van der Waals surface area contributed by atoms with Gasteiger partial charge < -0.3 is 29.9 Å². The fourth-order valence-corrected chi connectivity index (χ4v) is 3.75. The highest BCUT2D eigenvalue weighted by atomic mass is 35.5. The Hall–Kier alpha value is -4.19. The zero-order valence-electron chi connectivity index (χ0n) is 22.8. The van der Waals surface area contributed by atoms with Gasteiger partial charge >= 0.3 is 0 Å². The van der Waals surface area contributed by atoms with Crippen molar-refractivity contribution in [2.75, 3.05) is 0 Å². The van der Waals surface area contributed by atoms with E-state index in [9.17, 15) is 30.0 Å². The first-order valence-corrected chi connectivity index (χ1v) is 12.1. The maximum absolute atomic E-state index is 12.1. The molecule has 0 saturated carbocycles. The average molecular weight is 563 g/mol. The number of aromatic hydroxyl groups is 4. The van der Waals surface area contributed by atoms with Crippen LogP contribution >= 0.6 is 11.6 Å². The van der Waals surface area contributed by atoms with E-state index >= 15 is 0 Å². The highest BCUT2D eigenvalue weighted by molar-refractivity contribution is 6.37. The van der Waals surface area contributed by atoms with Gasteiger partial charge in [-0.2, -0.15) is 0 Å². The van der Waals surface area contributed by atoms with Crippen molar-refractivity contribution in [2.24, 2.45) is 14.1 Å². The van der Waals surface area contributed by atoms with Crippen LogP contribution in [0.25, 0.3) is 21.5 Å². The number of hydrogen-bond acceptors (Lipinski definition) is 10. The summed E-state index contributed by atoms with van der Waals surface area (Å²) in [6.45, 7) is 11.0. The van der Waals surface area contributed by atoms with Gasteiger partial charge in [-0.3, -0.25) is 9.59 Å². The number of ether oxygens (including phenoxy) is 2. The first-order valence-electron chi connectivity index (χ1n) is 11.7. The van der Waals surface area contributed by atoms with E-state index in [1.807, 2.05) is 41.5 Å². The molecule has 4 rings (SSSR count). The quantitative estimate of drug-likeness (QED) is 0.264. The summed E-state index contributed by atoms with van der Waals surface area (Å²) < 4.78 is 13.6. The van der Waals surface area contributed by atoms with Gasteiger partial charge in [-0.25, -0.2) is 9.36 Å². The third-order valence-corrected chi connectivity index (χ3v) is 5.48. The summed E-state index contributed by atoms with van der Waals surface area (Å²) in [7, 11) is 2.96. The van der Waals surface area contributed by atoms with Gasteiger partial charge in [0.25, 0.3) is 11.1 Å². The van der Waals surface area contributed by atoms with Gasteiger partial charge in [-0.15, -0.1) is 10.2 Å². The summed E-state index contributed by atoms with van der Waals surface area (Å²) in [5, 5.41) is 47.1. The van der Waals surface area contributed by atoms with E-state index in [1.54, 1.807) is 0 Å². The zero-order chi connectivity index (χ0) is 29.6. The number of halogens is 1. The first kappa shape index (κ1) is 29.4. The summed E-state index contributed by atoms with van der Waals surface area (Å²) in [6, 6.07) is 3.70. The molecule has 2 aromatic heterocycles. The molecule has 4 aromatic rings. The van der Waals surface area contributed by atoms with Gasteiger partial charge in [0.1, 0.15) is 11.2 Å². The second kappa shape index (κ2) is 10.2. The Labute approximate surface area is 228 Å². The van der Waals surface area contributed by atoms with E-state index in [1.165, 1.54) is 32.3 Å². The summed E-state index contributed by atoms with van der Waals surface area (Å²) in [6.07, 6.45) is 0. The predicted molar refractivity (Wildman–Crippen MR) is 146 cm³/mol. The minimum atomic E-state index is -0.544. The van der Waals surface area contributed by atoms with Crippen molar-refractivity contribution >= 4 is 33.1 Å². The van der Waals surface area contributed by atoms with Crippen LogP contribution < -0.4 is 20.6 Å². The molecule has 0 unspecified atom stereocenters. The predicted octanol–water partition coefficient (Wildman–Crippen LogP) is 3.70. The van der Waals surface area contributed by atoms with Crippen LogP contribution in [-0.2, 0) is 14.1 Å². The van der Waals surface area contributed by atoms with Crippen LogP contribution in [-0.4, -0.2) is 51.2 Å². The Kier molecular flexibility index (Phi) is 7.66. The molecular weight excluding hydrogens is 532 g/mol. The number of fused-ring (bicyclic) bond motifs is 2. The van der Waals surface area contributed by atoms with Crippen molar-refractivity contribution in [1.82, 2.24) is 19.6 Å². The molecule has 210 valence electrons. The normalized spacial score (nSPS) is 11.8. The van der Waals surface area contributed by atoms with Gasteiger partial charge in [0, 0.05) is 14.1 Å². The van der Waals surface area contributed by atoms with Crippen LogP contribution in [0.1, 0.15) is 41.5 Å². The number of benzene rings is 2. The Morgan fingerprint density at radius 1 is 0.692 bits per heavy atom. The number of aryl methyl sites for hydroxylation is 2. The molecule has 2 heterocycles. The molecule has 0 spiro atoms. The Morgan fingerprint density at radius 3 is 1.59 bits per heavy atom. The molecule has 4 N–H and O–H groups in total. The summed E-state index contributed by atoms with van der Waals surface area (Å²) in [5.74, 6) is -1.24. The number of nitrogens with zero attached hydrogens (tertiary/aromatic N) is 4. The molecule has 39 heavy (non-hydrogen) atoms. The second-order valence-corrected chi connectivity index (χ2v) is 11.1. The maximum Gasteiger partial charge on any atom is 0.276 e. The monoisotopic (exact) mass is 562 g/mol. The van der Waals surface area contributed by atoms with Crippen molar-refractivity contribution < 1.29 is 29.9 Å². The summed E-state index contributed by atoms with van der Waals surface area (Å²) in [5.41, 5.74) is -1.89. The van der Waals surface area contributed by atoms with E-state index in [0.29, 0.717) is 5.39 Å². The van der Waals surface area contributed by atoms with Crippen molar-refractivity contribution in [2.45, 2.75) is 52.7 Å². The number of phenolic OH excluding ortho intramolecular Hbond substituents is 4. The van der Waals surface area contributed by atoms with Gasteiger partial charge in [0.2, 0.25) is 11.8 Å². The molecule has 0 bridgehead atoms. The lowest BCUT2D eigenvalue weighted by atomic mass is 10.1. The molecular formula is C26H31ClN4O8. The smallest absolute Gasteiger partial charge is 0.276 e. The molecule has 0 saturated heterocycles. The fraction of sp³-hybridized carbons (Fsp3) is 0.385. The van der Waals surface area contributed by atoms with Crippen molar-refractivity contribution in [3.05, 3.63) is 43.9 Å². The van der Waals surface area contributed by atoms with E-state index < -0.39 is 28.3 Å². The van der Waals surface area contributed by atoms with E-state index in [-0.39, 0.29) is 50.0 Å². The Bertz CT molecular complexity index is 1700. The second-order valence-electron chi connectivity index (χ2n) is 10.8. The maximum atomic E-state index is 12.1. The molecule has 2 aromatic carbocycles. The number of phenols is 4. The highest BCUT2D eigenvalue weighted by Gasteiger charge is 2.22. The van der Waals surface area contributed by atoms with E-state index in [2.05, 4.69) is 10.2 Å². The molecule has 12 nitrogen and oxygen atoms in total. The van der Waals surface area contributed by atoms with Crippen LogP contribution in [0.2, 0.25) is 5.02 Å². The largest absolute Gasteiger partial charge is 0.504 e. The average Bonchev–Trinajstić information content (AvgIpc) is 2.79. The van der Waals surface area contributed by atoms with Crippen molar-refractivity contribution in [3.8, 4) is 34.8 Å². The number of rotatable bonds is 2. The Balaban J connectivity index is 0.000000216. The lowest BCUT2D eigenvalue weighted by molar-refractivity contribution is 0.123. The third kappa shape index (κ3) is 6.28. The lowest BCUT2D eigenvalue weighted by Crippen LogP contribution is -2.27. The van der Waals surface area contributed by atoms with Gasteiger partial charge in [-0.05, 0) is 59.7 Å². The van der Waals surface area contributed by atoms with Gasteiger partial charge in [0.15, 0.2) is 23.0 Å². The van der Waals surface area contributed by atoms with E-state index in [0.717, 1.165) is 9.36 Å². The topological polar surface area (TPSA) is 169 Å². The molecule has 0 radical (unpaired) electrons. The highest BCUT2D eigenvalue weighted by Crippen LogP contribution is 2.40. The minimum absolute atomic E-state index is 0.0544. The third-order valence-electron chi connectivity index (χ3n) is 5.12. The van der Waals surface area contributed by atoms with Crippen molar-refractivity contribution in [1.29, 1.82) is 0 Å². The van der Waals surface area contributed by atoms with Crippen LogP contribution in [0.3, 0.4) is 0 Å². The van der Waals surface area contributed by atoms with E-state index in [4.69, 9.17) is 21.1 Å². The van der Waals surface area contributed by atoms with Crippen LogP contribution in [0, 0.1) is 0 Å². The van der Waals surface area contributed by atoms with Gasteiger partial charge in [0.05, 0.1) is 26.6 Å². The SMILES string of the molecule is Cn1nc(OC(C)(C)C)c2cc(O)c(O)c(Cl)c2c1=O.Cn1nc(OC(C)(C)C)c2cc(O)c(O)cc2c1=O. The molecule has 0 aliphatic rings. The van der Waals surface area contributed by atoms with Crippen molar-refractivity contribution in [3.63, 3.8) is 0 Å². The number of hydrogen-bond donors (Lipinski definition) is 4. The zero-order valence-corrected chi connectivity index (χ0v) is 23.6. The molecule has 0 amide bonds. The summed E-state index contributed by atoms with van der Waals surface area (Å²) in [4.78, 5) is 24.1. The van der Waals surface area contributed by atoms with Crippen LogP contribution in [0.5, 0.6) is 34.8 Å². The fourth-order valence-electron chi connectivity index (χ4n) is 3.47. The minimum Gasteiger partial charge on any atom is -0.504 e. The van der Waals surface area contributed by atoms with Crippen LogP contribution in [0.4, 0.5) is 0 Å². The Morgan fingerprint density at radius 2 is 1.10 bits per heavy atom. The molecule has 0 fully saturated rings. The lowest BCUT2D eigenvalue weighted by Gasteiger charge is -2.22. The van der Waals surface area contributed by atoms with Crippen LogP contribution in [0.15, 0.2) is 27.8 Å². The van der Waals surface area contributed by atoms with Gasteiger partial charge in [-0.1, -0.05) is 11.6 Å². The molecule has 0 aliphatic carbocycles. The molecule has 0 aliphatic heterocycles. The first-order chi connectivity index (χ1) is 17.8. The number of aromatic nitrogens is 4. The molecule has 13 heteroatoms. The standard InChI is InChI=1S/C13H15ClN2O4.C13H16N2O4/c1-13(2,3)20-11-6-5-7(17)10(18)9(14)8(6)12(19)16(4)15-11;1-13(2,3)19-11-7-5-9(16)10(17)6-8(7)12(18)15(4)14-11/h5,17-18H,1-4H3;5-6,16-17H,1-4H3. The molecule has 0 atom stereocenters.